The van der Waals surface area contributed by atoms with Crippen molar-refractivity contribution in [3.63, 3.8) is 0 Å². The number of H-pyrrole nitrogens is 1. The van der Waals surface area contributed by atoms with E-state index in [1.165, 1.54) is 7.11 Å². The molecule has 4 rings (SSSR count). The zero-order valence-electron chi connectivity index (χ0n) is 18.7. The number of pyridine rings is 1. The second-order valence-electron chi connectivity index (χ2n) is 8.66. The number of benzene rings is 2. The molecule has 2 heterocycles. The number of nitriles is 1. The first kappa shape index (κ1) is 22.2. The highest BCUT2D eigenvalue weighted by Gasteiger charge is 2.51. The summed E-state index contributed by atoms with van der Waals surface area (Å²) in [5.74, 6) is -2.43. The van der Waals surface area contributed by atoms with Crippen molar-refractivity contribution in [2.75, 3.05) is 12.4 Å². The number of carbonyl (C=O) groups is 1. The molecule has 3 aromatic rings. The topological polar surface area (TPSA) is 115 Å². The Morgan fingerprint density at radius 2 is 1.97 bits per heavy atom. The van der Waals surface area contributed by atoms with E-state index in [1.54, 1.807) is 24.4 Å². The summed E-state index contributed by atoms with van der Waals surface area (Å²) in [5, 5.41) is 23.2. The van der Waals surface area contributed by atoms with Crippen LogP contribution in [0.5, 0.6) is 5.75 Å². The quantitative estimate of drug-likeness (QED) is 0.552. The molecular formula is C26H25N3O4. The Balaban J connectivity index is 2.01. The van der Waals surface area contributed by atoms with Gasteiger partial charge in [-0.2, -0.15) is 5.26 Å². The number of methoxy groups -OCH3 is 1. The molecule has 3 unspecified atom stereocenters. The van der Waals surface area contributed by atoms with Crippen LogP contribution in [0, 0.1) is 24.2 Å². The Morgan fingerprint density at radius 3 is 2.61 bits per heavy atom. The summed E-state index contributed by atoms with van der Waals surface area (Å²) in [5.41, 5.74) is 2.46. The lowest BCUT2D eigenvalue weighted by atomic mass is 9.65. The second kappa shape index (κ2) is 8.47. The van der Waals surface area contributed by atoms with Gasteiger partial charge in [-0.25, -0.2) is 0 Å². The SMILES string of the molecule is COc1cc(C#N)ccc1C1c2c(c(C)c[nH]c2=O)NC(C)(Cc2ccccc2)C1C(=O)O. The lowest BCUT2D eigenvalue weighted by molar-refractivity contribution is -0.144. The van der Waals surface area contributed by atoms with E-state index in [2.05, 4.69) is 16.4 Å². The van der Waals surface area contributed by atoms with Crippen molar-refractivity contribution in [3.05, 3.63) is 92.9 Å². The molecule has 0 radical (unpaired) electrons. The fraction of sp³-hybridized carbons (Fsp3) is 0.269. The van der Waals surface area contributed by atoms with Crippen molar-refractivity contribution in [1.29, 1.82) is 5.26 Å². The van der Waals surface area contributed by atoms with Gasteiger partial charge in [-0.05, 0) is 43.5 Å². The molecular weight excluding hydrogens is 418 g/mol. The highest BCUT2D eigenvalue weighted by molar-refractivity contribution is 5.80. The normalized spacial score (nSPS) is 21.4. The first-order chi connectivity index (χ1) is 15.8. The fourth-order valence-corrected chi connectivity index (χ4v) is 4.97. The molecule has 2 aromatic carbocycles. The number of hydrogen-bond donors (Lipinski definition) is 3. The number of ether oxygens (including phenoxy) is 1. The van der Waals surface area contributed by atoms with E-state index in [0.717, 1.165) is 11.1 Å². The highest BCUT2D eigenvalue weighted by Crippen LogP contribution is 2.49. The number of carboxylic acids is 1. The third kappa shape index (κ3) is 3.85. The average Bonchev–Trinajstić information content (AvgIpc) is 2.80. The minimum absolute atomic E-state index is 0.354. The maximum absolute atomic E-state index is 13.1. The van der Waals surface area contributed by atoms with Crippen molar-refractivity contribution < 1.29 is 14.6 Å². The van der Waals surface area contributed by atoms with Gasteiger partial charge < -0.3 is 20.1 Å². The van der Waals surface area contributed by atoms with E-state index in [9.17, 15) is 20.0 Å². The van der Waals surface area contributed by atoms with E-state index in [-0.39, 0.29) is 5.56 Å². The number of aromatic amines is 1. The smallest absolute Gasteiger partial charge is 0.309 e. The van der Waals surface area contributed by atoms with Gasteiger partial charge in [0.2, 0.25) is 0 Å². The van der Waals surface area contributed by atoms with Gasteiger partial charge in [-0.3, -0.25) is 9.59 Å². The van der Waals surface area contributed by atoms with Crippen molar-refractivity contribution in [2.24, 2.45) is 5.92 Å². The van der Waals surface area contributed by atoms with E-state index in [0.29, 0.717) is 34.5 Å². The molecule has 168 valence electrons. The predicted octanol–water partition coefficient (Wildman–Crippen LogP) is 3.82. The summed E-state index contributed by atoms with van der Waals surface area (Å²) in [7, 11) is 1.47. The standard InChI is InChI=1S/C26H25N3O4/c1-15-14-28-24(30)21-20(18-10-9-17(13-27)11-19(18)33-3)22(25(31)32)26(2,29-23(15)21)12-16-7-5-4-6-8-16/h4-11,14,20,22,29H,12H2,1-3H3,(H,28,30)(H,31,32). The molecule has 1 aliphatic rings. The summed E-state index contributed by atoms with van der Waals surface area (Å²) >= 11 is 0. The Morgan fingerprint density at radius 1 is 1.24 bits per heavy atom. The molecule has 1 aromatic heterocycles. The Labute approximate surface area is 191 Å². The molecule has 3 atom stereocenters. The predicted molar refractivity (Wildman–Crippen MR) is 125 cm³/mol. The number of rotatable bonds is 5. The van der Waals surface area contributed by atoms with Crippen molar-refractivity contribution in [3.8, 4) is 11.8 Å². The molecule has 7 nitrogen and oxygen atoms in total. The maximum atomic E-state index is 13.1. The van der Waals surface area contributed by atoms with Gasteiger partial charge in [0, 0.05) is 28.9 Å². The van der Waals surface area contributed by atoms with Crippen LogP contribution in [0.3, 0.4) is 0 Å². The summed E-state index contributed by atoms with van der Waals surface area (Å²) < 4.78 is 5.56. The summed E-state index contributed by atoms with van der Waals surface area (Å²) in [4.78, 5) is 28.6. The van der Waals surface area contributed by atoms with Crippen LogP contribution in [0.25, 0.3) is 0 Å². The zero-order chi connectivity index (χ0) is 23.8. The van der Waals surface area contributed by atoms with E-state index < -0.39 is 23.3 Å². The maximum Gasteiger partial charge on any atom is 0.309 e. The third-order valence-electron chi connectivity index (χ3n) is 6.45. The summed E-state index contributed by atoms with van der Waals surface area (Å²) in [6.07, 6.45) is 2.07. The van der Waals surface area contributed by atoms with E-state index >= 15 is 0 Å². The molecule has 7 heteroatoms. The largest absolute Gasteiger partial charge is 0.496 e. The van der Waals surface area contributed by atoms with Crippen LogP contribution in [-0.2, 0) is 11.2 Å². The minimum atomic E-state index is -1.02. The Bertz CT molecular complexity index is 1310. The Hall–Kier alpha value is -4.05. The third-order valence-corrected chi connectivity index (χ3v) is 6.45. The lowest BCUT2D eigenvalue weighted by Gasteiger charge is -2.46. The molecule has 0 saturated heterocycles. The van der Waals surface area contributed by atoms with Crippen LogP contribution < -0.4 is 15.6 Å². The van der Waals surface area contributed by atoms with Crippen LogP contribution in [-0.4, -0.2) is 28.7 Å². The van der Waals surface area contributed by atoms with Crippen molar-refractivity contribution >= 4 is 11.7 Å². The number of aliphatic carboxylic acids is 1. The molecule has 0 aliphatic carbocycles. The molecule has 0 amide bonds. The van der Waals surface area contributed by atoms with Crippen molar-refractivity contribution in [2.45, 2.75) is 31.7 Å². The van der Waals surface area contributed by atoms with Crippen LogP contribution in [0.2, 0.25) is 0 Å². The van der Waals surface area contributed by atoms with Gasteiger partial charge in [-0.15, -0.1) is 0 Å². The first-order valence-electron chi connectivity index (χ1n) is 10.6. The van der Waals surface area contributed by atoms with Crippen LogP contribution in [0.4, 0.5) is 5.69 Å². The Kier molecular flexibility index (Phi) is 5.69. The van der Waals surface area contributed by atoms with Crippen LogP contribution in [0.1, 0.15) is 40.7 Å². The molecule has 0 fully saturated rings. The summed E-state index contributed by atoms with van der Waals surface area (Å²) in [6.45, 7) is 3.75. The summed E-state index contributed by atoms with van der Waals surface area (Å²) in [6, 6.07) is 16.6. The molecule has 0 saturated carbocycles. The number of fused-ring (bicyclic) bond motifs is 1. The monoisotopic (exact) mass is 443 g/mol. The number of hydrogen-bond acceptors (Lipinski definition) is 5. The average molecular weight is 444 g/mol. The fourth-order valence-electron chi connectivity index (χ4n) is 4.97. The van der Waals surface area contributed by atoms with Gasteiger partial charge >= 0.3 is 5.97 Å². The van der Waals surface area contributed by atoms with Crippen molar-refractivity contribution in [1.82, 2.24) is 4.98 Å². The lowest BCUT2D eigenvalue weighted by Crippen LogP contribution is -2.55. The van der Waals surface area contributed by atoms with Gasteiger partial charge in [0.1, 0.15) is 5.75 Å². The number of aryl methyl sites for hydroxylation is 1. The van der Waals surface area contributed by atoms with Crippen LogP contribution >= 0.6 is 0 Å². The number of nitrogens with zero attached hydrogens (tertiary/aromatic N) is 1. The van der Waals surface area contributed by atoms with E-state index in [1.807, 2.05) is 44.2 Å². The zero-order valence-corrected chi connectivity index (χ0v) is 18.7. The van der Waals surface area contributed by atoms with Gasteiger partial charge in [0.25, 0.3) is 5.56 Å². The molecule has 33 heavy (non-hydrogen) atoms. The van der Waals surface area contributed by atoms with Gasteiger partial charge in [0.05, 0.1) is 30.2 Å². The highest BCUT2D eigenvalue weighted by atomic mass is 16.5. The number of carboxylic acid groups (broad SMARTS) is 1. The minimum Gasteiger partial charge on any atom is -0.496 e. The molecule has 0 spiro atoms. The van der Waals surface area contributed by atoms with E-state index in [4.69, 9.17) is 4.74 Å². The molecule has 0 bridgehead atoms. The van der Waals surface area contributed by atoms with Gasteiger partial charge in [0.15, 0.2) is 0 Å². The number of nitrogens with one attached hydrogen (secondary N) is 2. The number of aromatic nitrogens is 1. The molecule has 1 aliphatic heterocycles. The molecule has 3 N–H and O–H groups in total. The first-order valence-corrected chi connectivity index (χ1v) is 10.6. The number of anilines is 1. The van der Waals surface area contributed by atoms with Crippen LogP contribution in [0.15, 0.2) is 59.5 Å². The second-order valence-corrected chi connectivity index (χ2v) is 8.66. The van der Waals surface area contributed by atoms with Gasteiger partial charge in [-0.1, -0.05) is 36.4 Å².